The highest BCUT2D eigenvalue weighted by atomic mass is 32.1. The van der Waals surface area contributed by atoms with Crippen molar-refractivity contribution in [2.75, 3.05) is 6.61 Å². The van der Waals surface area contributed by atoms with Gasteiger partial charge in [0.1, 0.15) is 35.7 Å². The van der Waals surface area contributed by atoms with E-state index in [0.717, 1.165) is 12.0 Å². The highest BCUT2D eigenvalue weighted by Crippen LogP contribution is 2.28. The summed E-state index contributed by atoms with van der Waals surface area (Å²) in [4.78, 5) is 52.8. The number of thiazole rings is 1. The van der Waals surface area contributed by atoms with Gasteiger partial charge in [-0.25, -0.2) is 15.0 Å². The molecule has 0 unspecified atom stereocenters. The second-order valence-electron chi connectivity index (χ2n) is 9.72. The molecule has 4 heterocycles. The number of hydrogen-bond donors (Lipinski definition) is 3. The molecule has 2 aromatic heterocycles. The number of nitrogens with zero attached hydrogens (tertiary/aromatic N) is 3. The number of fused-ring (bicyclic) bond motifs is 5. The van der Waals surface area contributed by atoms with Crippen LogP contribution in [0.15, 0.2) is 51.4 Å². The van der Waals surface area contributed by atoms with Crippen LogP contribution in [0.5, 0.6) is 0 Å². The molecule has 12 heteroatoms. The van der Waals surface area contributed by atoms with Gasteiger partial charge in [-0.2, -0.15) is 0 Å². The Bertz CT molecular complexity index is 1390. The van der Waals surface area contributed by atoms with Crippen LogP contribution in [0.1, 0.15) is 76.7 Å². The van der Waals surface area contributed by atoms with Gasteiger partial charge in [-0.3, -0.25) is 14.4 Å². The zero-order chi connectivity index (χ0) is 27.5. The van der Waals surface area contributed by atoms with Gasteiger partial charge in [0.25, 0.3) is 11.8 Å². The zero-order valence-corrected chi connectivity index (χ0v) is 22.7. The zero-order valence-electron chi connectivity index (χ0n) is 21.8. The standard InChI is InChI=1S/C27H30N6O5S/c1-4-14(2)21-27-32-20(13-39-27)24(36)29-17(10-16-8-6-5-7-9-16)26-31-18(12-38-26)22(34)28-15(3)25-30-19(11-37-25)23(35)33-21/h5-9,11,13-15,17-18,21H,4,10,12H2,1-3H3,(H,28,34)(H,29,36)(H,33,35)/t14-,15+,17-,18+,21-/m0/s1. The van der Waals surface area contributed by atoms with Crippen LogP contribution >= 0.6 is 11.3 Å². The molecule has 6 bridgehead atoms. The van der Waals surface area contributed by atoms with Gasteiger partial charge >= 0.3 is 0 Å². The van der Waals surface area contributed by atoms with Crippen molar-refractivity contribution in [1.29, 1.82) is 0 Å². The van der Waals surface area contributed by atoms with Crippen molar-refractivity contribution in [3.8, 4) is 0 Å². The molecule has 0 radical (unpaired) electrons. The van der Waals surface area contributed by atoms with Crippen LogP contribution in [0.25, 0.3) is 0 Å². The minimum atomic E-state index is -0.809. The topological polar surface area (TPSA) is 148 Å². The van der Waals surface area contributed by atoms with Crippen LogP contribution in [0.3, 0.4) is 0 Å². The summed E-state index contributed by atoms with van der Waals surface area (Å²) >= 11 is 1.30. The highest BCUT2D eigenvalue weighted by Gasteiger charge is 2.34. The van der Waals surface area contributed by atoms with Gasteiger partial charge in [0.05, 0.1) is 6.04 Å². The summed E-state index contributed by atoms with van der Waals surface area (Å²) < 4.78 is 11.3. The summed E-state index contributed by atoms with van der Waals surface area (Å²) in [7, 11) is 0. The lowest BCUT2D eigenvalue weighted by Gasteiger charge is -2.22. The predicted molar refractivity (Wildman–Crippen MR) is 143 cm³/mol. The normalized spacial score (nSPS) is 24.4. The van der Waals surface area contributed by atoms with Crippen LogP contribution in [-0.4, -0.2) is 52.3 Å². The van der Waals surface area contributed by atoms with E-state index in [1.807, 2.05) is 44.2 Å². The van der Waals surface area contributed by atoms with E-state index in [1.54, 1.807) is 12.3 Å². The van der Waals surface area contributed by atoms with Crippen LogP contribution in [-0.2, 0) is 16.0 Å². The molecule has 39 heavy (non-hydrogen) atoms. The molecule has 3 N–H and O–H groups in total. The van der Waals surface area contributed by atoms with Crippen molar-refractivity contribution in [2.45, 2.75) is 57.8 Å². The highest BCUT2D eigenvalue weighted by molar-refractivity contribution is 7.09. The van der Waals surface area contributed by atoms with Gasteiger partial charge < -0.3 is 25.1 Å². The molecule has 11 nitrogen and oxygen atoms in total. The SMILES string of the molecule is CC[C@H](C)[C@@H]1NC(=O)c2coc(n2)[C@@H](C)NC(=O)[C@H]2COC(=N2)[C@H](Cc2ccccc2)NC(=O)c2csc1n2. The molecule has 204 valence electrons. The van der Waals surface area contributed by atoms with Gasteiger partial charge in [0.2, 0.25) is 17.7 Å². The molecular formula is C27H30N6O5S. The third-order valence-electron chi connectivity index (χ3n) is 6.86. The fourth-order valence-corrected chi connectivity index (χ4v) is 5.38. The number of rotatable bonds is 4. The number of aromatic nitrogens is 2. The van der Waals surface area contributed by atoms with Gasteiger partial charge in [0, 0.05) is 11.8 Å². The summed E-state index contributed by atoms with van der Waals surface area (Å²) in [6.45, 7) is 5.77. The Hall–Kier alpha value is -4.06. The third kappa shape index (κ3) is 5.85. The molecule has 3 aromatic rings. The molecule has 3 amide bonds. The Morgan fingerprint density at radius 2 is 1.82 bits per heavy atom. The van der Waals surface area contributed by atoms with E-state index in [0.29, 0.717) is 11.4 Å². The molecule has 0 fully saturated rings. The van der Waals surface area contributed by atoms with Crippen LogP contribution in [0.2, 0.25) is 0 Å². The second kappa shape index (κ2) is 11.4. The lowest BCUT2D eigenvalue weighted by atomic mass is 9.99. The first-order valence-electron chi connectivity index (χ1n) is 12.9. The van der Waals surface area contributed by atoms with E-state index in [9.17, 15) is 14.4 Å². The molecule has 5 atom stereocenters. The summed E-state index contributed by atoms with van der Waals surface area (Å²) in [6, 6.07) is 7.17. The number of aliphatic imine (C=N–C) groups is 1. The molecular weight excluding hydrogens is 520 g/mol. The van der Waals surface area contributed by atoms with Crippen molar-refractivity contribution in [3.05, 3.63) is 69.8 Å². The van der Waals surface area contributed by atoms with Crippen molar-refractivity contribution < 1.29 is 23.5 Å². The fourth-order valence-electron chi connectivity index (χ4n) is 4.39. The molecule has 0 saturated heterocycles. The number of oxazole rings is 1. The van der Waals surface area contributed by atoms with Gasteiger partial charge in [-0.1, -0.05) is 50.6 Å². The third-order valence-corrected chi connectivity index (χ3v) is 7.79. The lowest BCUT2D eigenvalue weighted by Crippen LogP contribution is -2.43. The smallest absolute Gasteiger partial charge is 0.273 e. The van der Waals surface area contributed by atoms with Crippen molar-refractivity contribution >= 4 is 35.0 Å². The van der Waals surface area contributed by atoms with E-state index in [2.05, 4.69) is 30.9 Å². The first kappa shape index (κ1) is 26.5. The molecule has 5 rings (SSSR count). The maximum atomic E-state index is 13.3. The summed E-state index contributed by atoms with van der Waals surface area (Å²) in [6.07, 6.45) is 2.45. The molecule has 2 aliphatic rings. The predicted octanol–water partition coefficient (Wildman–Crippen LogP) is 2.98. The molecule has 0 saturated carbocycles. The Labute approximate surface area is 229 Å². The Balaban J connectivity index is 1.51. The number of nitrogens with one attached hydrogen (secondary N) is 3. The van der Waals surface area contributed by atoms with Crippen molar-refractivity contribution in [3.63, 3.8) is 0 Å². The summed E-state index contributed by atoms with van der Waals surface area (Å²) in [5.41, 5.74) is 1.28. The number of carbonyl (C=O) groups excluding carboxylic acids is 3. The van der Waals surface area contributed by atoms with E-state index >= 15 is 0 Å². The molecule has 2 aliphatic heterocycles. The van der Waals surface area contributed by atoms with Gasteiger partial charge in [-0.05, 0) is 18.4 Å². The first-order valence-corrected chi connectivity index (χ1v) is 13.8. The lowest BCUT2D eigenvalue weighted by molar-refractivity contribution is -0.123. The van der Waals surface area contributed by atoms with E-state index in [-0.39, 0.29) is 41.6 Å². The first-order chi connectivity index (χ1) is 18.8. The Morgan fingerprint density at radius 1 is 1.05 bits per heavy atom. The number of amides is 3. The minimum Gasteiger partial charge on any atom is -0.477 e. The Morgan fingerprint density at radius 3 is 2.59 bits per heavy atom. The minimum absolute atomic E-state index is 0.0335. The second-order valence-corrected chi connectivity index (χ2v) is 10.6. The monoisotopic (exact) mass is 550 g/mol. The summed E-state index contributed by atoms with van der Waals surface area (Å²) in [5.74, 6) is -0.702. The molecule has 0 spiro atoms. The van der Waals surface area contributed by atoms with E-state index in [4.69, 9.17) is 9.15 Å². The van der Waals surface area contributed by atoms with Crippen molar-refractivity contribution in [2.24, 2.45) is 10.9 Å². The average molecular weight is 551 g/mol. The number of ether oxygens (including phenoxy) is 1. The quantitative estimate of drug-likeness (QED) is 0.452. The van der Waals surface area contributed by atoms with Crippen LogP contribution in [0, 0.1) is 5.92 Å². The van der Waals surface area contributed by atoms with Gasteiger partial charge in [0.15, 0.2) is 11.7 Å². The van der Waals surface area contributed by atoms with Gasteiger partial charge in [-0.15, -0.1) is 11.3 Å². The fraction of sp³-hybridized carbons (Fsp3) is 0.407. The van der Waals surface area contributed by atoms with Crippen molar-refractivity contribution in [1.82, 2.24) is 25.9 Å². The summed E-state index contributed by atoms with van der Waals surface area (Å²) in [5, 5.41) is 11.1. The number of hydrogen-bond acceptors (Lipinski definition) is 9. The Kier molecular flexibility index (Phi) is 7.73. The molecule has 0 aliphatic carbocycles. The number of carbonyl (C=O) groups is 3. The maximum absolute atomic E-state index is 13.3. The molecule has 1 aromatic carbocycles. The maximum Gasteiger partial charge on any atom is 0.273 e. The van der Waals surface area contributed by atoms with Crippen LogP contribution < -0.4 is 16.0 Å². The van der Waals surface area contributed by atoms with E-state index < -0.39 is 36.0 Å². The van der Waals surface area contributed by atoms with Crippen LogP contribution in [0.4, 0.5) is 0 Å². The number of benzene rings is 1. The average Bonchev–Trinajstić information content (AvgIpc) is 3.72. The largest absolute Gasteiger partial charge is 0.477 e. The van der Waals surface area contributed by atoms with E-state index in [1.165, 1.54) is 17.6 Å².